The van der Waals surface area contributed by atoms with Crippen LogP contribution in [0.2, 0.25) is 0 Å². The highest BCUT2D eigenvalue weighted by atomic mass is 19.4. The quantitative estimate of drug-likeness (QED) is 0.173. The summed E-state index contributed by atoms with van der Waals surface area (Å²) < 4.78 is 57.4. The molecule has 1 aromatic heterocycles. The second-order valence-electron chi connectivity index (χ2n) is 8.34. The second-order valence-corrected chi connectivity index (χ2v) is 8.34. The molecule has 2 aromatic carbocycles. The minimum Gasteiger partial charge on any atom is -0.375 e. The van der Waals surface area contributed by atoms with E-state index in [2.05, 4.69) is 11.7 Å². The zero-order valence-corrected chi connectivity index (χ0v) is 23.0. The summed E-state index contributed by atoms with van der Waals surface area (Å²) in [6, 6.07) is 9.60. The highest BCUT2D eigenvalue weighted by molar-refractivity contribution is 5.81. The molecule has 0 aliphatic carbocycles. The van der Waals surface area contributed by atoms with Crippen LogP contribution in [0.25, 0.3) is 16.6 Å². The van der Waals surface area contributed by atoms with Crippen molar-refractivity contribution in [1.29, 1.82) is 0 Å². The predicted octanol–water partition coefficient (Wildman–Crippen LogP) is 7.36. The minimum absolute atomic E-state index is 0.0185. The van der Waals surface area contributed by atoms with Crippen LogP contribution < -0.4 is 0 Å². The first-order chi connectivity index (χ1) is 18.5. The number of hydrogen-bond donors (Lipinski definition) is 1. The molecule has 0 amide bonds. The number of halogens is 4. The van der Waals surface area contributed by atoms with Crippen molar-refractivity contribution >= 4 is 17.2 Å². The van der Waals surface area contributed by atoms with Crippen LogP contribution in [0.4, 0.5) is 17.6 Å². The fraction of sp³-hybridized carbons (Fsp3) is 0.333. The molecule has 1 N–H and O–H groups in total. The van der Waals surface area contributed by atoms with Gasteiger partial charge in [0.25, 0.3) is 0 Å². The van der Waals surface area contributed by atoms with Crippen molar-refractivity contribution < 1.29 is 27.5 Å². The lowest BCUT2D eigenvalue weighted by Gasteiger charge is -2.35. The molecule has 0 radical (unpaired) electrons. The van der Waals surface area contributed by atoms with E-state index in [0.29, 0.717) is 16.6 Å². The molecule has 1 heterocycles. The van der Waals surface area contributed by atoms with Crippen molar-refractivity contribution in [3.05, 3.63) is 97.1 Å². The third-order valence-corrected chi connectivity index (χ3v) is 5.48. The Morgan fingerprint density at radius 1 is 1.10 bits per heavy atom. The summed E-state index contributed by atoms with van der Waals surface area (Å²) in [5, 5.41) is 15.6. The first-order valence-electron chi connectivity index (χ1n) is 12.6. The molecule has 0 bridgehead atoms. The van der Waals surface area contributed by atoms with Gasteiger partial charge in [-0.25, -0.2) is 9.07 Å². The van der Waals surface area contributed by atoms with Crippen LogP contribution >= 0.6 is 0 Å². The van der Waals surface area contributed by atoms with Gasteiger partial charge in [-0.15, -0.1) is 6.58 Å². The van der Waals surface area contributed by atoms with Gasteiger partial charge in [-0.1, -0.05) is 51.1 Å². The standard InChI is InChI=1S/C26H27F4N3O.C2H4O.C2H6/c1-4-6-19(3)13-15-32(14-5-2)18-25(34,26(28,29)30)21-7-12-24-20(16-21)17-31-33(24)23-10-8-22(27)9-11-23;1-2-3;1-2/h4-13,15-17,19,34H,2,14,18H2,1,3H3;2H,1H3;1-2H3/b6-4-,15-13-;;. The molecule has 0 aliphatic heterocycles. The van der Waals surface area contributed by atoms with Gasteiger partial charge in [0.1, 0.15) is 12.1 Å². The van der Waals surface area contributed by atoms with E-state index in [1.165, 1.54) is 71.2 Å². The summed E-state index contributed by atoms with van der Waals surface area (Å²) in [5.41, 5.74) is -2.33. The maximum absolute atomic E-state index is 14.2. The Morgan fingerprint density at radius 3 is 2.26 bits per heavy atom. The van der Waals surface area contributed by atoms with Crippen LogP contribution in [0.15, 0.2) is 85.7 Å². The molecule has 0 spiro atoms. The maximum Gasteiger partial charge on any atom is 0.423 e. The number of alkyl halides is 3. The fourth-order valence-electron chi connectivity index (χ4n) is 3.69. The Bertz CT molecular complexity index is 1230. The lowest BCUT2D eigenvalue weighted by Crippen LogP contribution is -2.50. The number of hydrogen-bond acceptors (Lipinski definition) is 4. The Hall–Kier alpha value is -3.72. The van der Waals surface area contributed by atoms with Gasteiger partial charge >= 0.3 is 6.18 Å². The Labute approximate surface area is 227 Å². The van der Waals surface area contributed by atoms with Gasteiger partial charge in [0, 0.05) is 11.9 Å². The second kappa shape index (κ2) is 15.6. The fourth-order valence-corrected chi connectivity index (χ4v) is 3.69. The summed E-state index contributed by atoms with van der Waals surface area (Å²) >= 11 is 0. The van der Waals surface area contributed by atoms with Gasteiger partial charge in [-0.05, 0) is 67.9 Å². The third-order valence-electron chi connectivity index (χ3n) is 5.48. The number of nitrogens with zero attached hydrogens (tertiary/aromatic N) is 3. The maximum atomic E-state index is 14.2. The van der Waals surface area contributed by atoms with Crippen molar-refractivity contribution in [1.82, 2.24) is 14.7 Å². The zero-order chi connectivity index (χ0) is 29.6. The molecule has 2 atom stereocenters. The minimum atomic E-state index is -4.93. The van der Waals surface area contributed by atoms with Gasteiger partial charge in [0.2, 0.25) is 5.60 Å². The Balaban J connectivity index is 0.00000142. The van der Waals surface area contributed by atoms with Crippen LogP contribution in [0.1, 0.15) is 40.2 Å². The molecular formula is C30H37F4N3O2. The summed E-state index contributed by atoms with van der Waals surface area (Å²) in [7, 11) is 0. The first-order valence-corrected chi connectivity index (χ1v) is 12.6. The molecule has 5 nitrogen and oxygen atoms in total. The van der Waals surface area contributed by atoms with Crippen LogP contribution in [0, 0.1) is 11.7 Å². The summed E-state index contributed by atoms with van der Waals surface area (Å²) in [5.74, 6) is -0.388. The molecular weight excluding hydrogens is 510 g/mol. The SMILES string of the molecule is C=CCN(/C=C\C(C)/C=C\C)CC(O)(c1ccc2c(cnn2-c2ccc(F)cc2)c1)C(F)(F)F.CC.CC=O. The van der Waals surface area contributed by atoms with Crippen molar-refractivity contribution in [2.75, 3.05) is 13.1 Å². The number of aliphatic hydroxyl groups is 1. The lowest BCUT2D eigenvalue weighted by molar-refractivity contribution is -0.269. The molecule has 3 rings (SSSR count). The molecule has 0 fully saturated rings. The molecule has 2 unspecified atom stereocenters. The highest BCUT2D eigenvalue weighted by Crippen LogP contribution is 2.41. The van der Waals surface area contributed by atoms with Crippen molar-refractivity contribution in [2.45, 2.75) is 46.4 Å². The van der Waals surface area contributed by atoms with Gasteiger partial charge in [0.15, 0.2) is 0 Å². The topological polar surface area (TPSA) is 58.4 Å². The average Bonchev–Trinajstić information content (AvgIpc) is 3.32. The van der Waals surface area contributed by atoms with Crippen LogP contribution in [-0.2, 0) is 10.4 Å². The van der Waals surface area contributed by atoms with Crippen molar-refractivity contribution in [3.8, 4) is 5.69 Å². The molecule has 0 saturated heterocycles. The van der Waals surface area contributed by atoms with Gasteiger partial charge in [-0.3, -0.25) is 0 Å². The van der Waals surface area contributed by atoms with Crippen LogP contribution in [-0.4, -0.2) is 45.3 Å². The molecule has 212 valence electrons. The number of allylic oxidation sites excluding steroid dienone is 3. The summed E-state index contributed by atoms with van der Waals surface area (Å²) in [6.07, 6.45) is 5.79. The third kappa shape index (κ3) is 8.92. The zero-order valence-electron chi connectivity index (χ0n) is 23.0. The smallest absolute Gasteiger partial charge is 0.375 e. The predicted molar refractivity (Wildman–Crippen MR) is 149 cm³/mol. The van der Waals surface area contributed by atoms with E-state index in [1.807, 2.05) is 39.8 Å². The van der Waals surface area contributed by atoms with E-state index >= 15 is 0 Å². The number of carbonyl (C=O) groups excluding carboxylic acids is 1. The summed E-state index contributed by atoms with van der Waals surface area (Å²) in [6.45, 7) is 12.3. The monoisotopic (exact) mass is 547 g/mol. The Kier molecular flexibility index (Phi) is 13.4. The lowest BCUT2D eigenvalue weighted by atomic mass is 9.91. The van der Waals surface area contributed by atoms with Gasteiger partial charge < -0.3 is 14.8 Å². The number of aldehydes is 1. The first kappa shape index (κ1) is 33.3. The van der Waals surface area contributed by atoms with E-state index in [9.17, 15) is 22.7 Å². The number of benzene rings is 2. The molecule has 0 aliphatic rings. The number of rotatable bonds is 9. The molecule has 0 saturated carbocycles. The number of carbonyl (C=O) groups is 1. The number of aromatic nitrogens is 2. The van der Waals surface area contributed by atoms with E-state index in [0.717, 1.165) is 6.29 Å². The van der Waals surface area contributed by atoms with E-state index in [1.54, 1.807) is 12.3 Å². The van der Waals surface area contributed by atoms with E-state index < -0.39 is 24.1 Å². The van der Waals surface area contributed by atoms with E-state index in [4.69, 9.17) is 4.79 Å². The van der Waals surface area contributed by atoms with Gasteiger partial charge in [0.05, 0.1) is 23.9 Å². The average molecular weight is 548 g/mol. The normalized spacial score (nSPS) is 13.7. The van der Waals surface area contributed by atoms with Gasteiger partial charge in [-0.2, -0.15) is 18.3 Å². The number of fused-ring (bicyclic) bond motifs is 1. The van der Waals surface area contributed by atoms with Crippen molar-refractivity contribution in [3.63, 3.8) is 0 Å². The van der Waals surface area contributed by atoms with Crippen LogP contribution in [0.3, 0.4) is 0 Å². The summed E-state index contributed by atoms with van der Waals surface area (Å²) in [4.78, 5) is 10.2. The molecule has 39 heavy (non-hydrogen) atoms. The highest BCUT2D eigenvalue weighted by Gasteiger charge is 2.55. The van der Waals surface area contributed by atoms with Crippen molar-refractivity contribution in [2.24, 2.45) is 5.92 Å². The largest absolute Gasteiger partial charge is 0.423 e. The van der Waals surface area contributed by atoms with E-state index in [-0.39, 0.29) is 18.0 Å². The molecule has 3 aromatic rings. The van der Waals surface area contributed by atoms with Crippen LogP contribution in [0.5, 0.6) is 0 Å². The molecule has 9 heteroatoms. The Morgan fingerprint density at radius 2 is 1.72 bits per heavy atom.